The number of hydrogen-bond donors (Lipinski definition) is 0. The van der Waals surface area contributed by atoms with Crippen molar-refractivity contribution < 1.29 is 4.68 Å². The number of hydrogen-bond acceptors (Lipinski definition) is 1. The summed E-state index contributed by atoms with van der Waals surface area (Å²) >= 11 is 0. The van der Waals surface area contributed by atoms with Gasteiger partial charge in [0.1, 0.15) is 0 Å². The van der Waals surface area contributed by atoms with E-state index in [0.29, 0.717) is 6.04 Å². The number of nitrogens with zero attached hydrogens (tertiary/aromatic N) is 2. The highest BCUT2D eigenvalue weighted by atomic mass is 15.3. The Morgan fingerprint density at radius 3 is 2.83 bits per heavy atom. The molecule has 12 heavy (non-hydrogen) atoms. The SMILES string of the molecule is CC1CCC([n+]2ccccn2)C1. The highest BCUT2D eigenvalue weighted by Crippen LogP contribution is 2.29. The van der Waals surface area contributed by atoms with E-state index in [-0.39, 0.29) is 0 Å². The largest absolute Gasteiger partial charge is 0.196 e. The molecule has 1 aliphatic rings. The Bertz CT molecular complexity index is 245. The third-order valence-corrected chi connectivity index (χ3v) is 2.68. The Balaban J connectivity index is 2.11. The van der Waals surface area contributed by atoms with Crippen molar-refractivity contribution in [1.29, 1.82) is 0 Å². The van der Waals surface area contributed by atoms with Gasteiger partial charge in [0.15, 0.2) is 12.2 Å². The third-order valence-electron chi connectivity index (χ3n) is 2.68. The zero-order valence-corrected chi connectivity index (χ0v) is 7.48. The average Bonchev–Trinajstić information content (AvgIpc) is 2.54. The summed E-state index contributed by atoms with van der Waals surface area (Å²) in [5, 5.41) is 4.31. The summed E-state index contributed by atoms with van der Waals surface area (Å²) in [5.41, 5.74) is 0. The first kappa shape index (κ1) is 7.71. The fraction of sp³-hybridized carbons (Fsp3) is 0.600. The van der Waals surface area contributed by atoms with Gasteiger partial charge in [-0.1, -0.05) is 11.6 Å². The first-order valence-corrected chi connectivity index (χ1v) is 4.68. The van der Waals surface area contributed by atoms with E-state index in [1.807, 2.05) is 12.3 Å². The summed E-state index contributed by atoms with van der Waals surface area (Å²) in [5.74, 6) is 0.879. The molecule has 1 aromatic rings. The van der Waals surface area contributed by atoms with Gasteiger partial charge in [-0.05, 0) is 23.5 Å². The highest BCUT2D eigenvalue weighted by Gasteiger charge is 2.29. The Kier molecular flexibility index (Phi) is 2.07. The standard InChI is InChI=1S/C10H15N2/c1-9-4-5-10(8-9)12-7-3-2-6-11-12/h2-3,6-7,9-10H,4-5,8H2,1H3/q+1. The van der Waals surface area contributed by atoms with Crippen molar-refractivity contribution in [3.63, 3.8) is 0 Å². The van der Waals surface area contributed by atoms with E-state index in [1.54, 1.807) is 0 Å². The van der Waals surface area contributed by atoms with Gasteiger partial charge >= 0.3 is 0 Å². The minimum atomic E-state index is 0.654. The second-order valence-corrected chi connectivity index (χ2v) is 3.75. The van der Waals surface area contributed by atoms with Crippen molar-refractivity contribution in [3.8, 4) is 0 Å². The molecule has 64 valence electrons. The fourth-order valence-corrected chi connectivity index (χ4v) is 1.97. The molecule has 0 bridgehead atoms. The molecule has 0 aromatic carbocycles. The zero-order valence-electron chi connectivity index (χ0n) is 7.48. The van der Waals surface area contributed by atoms with E-state index < -0.39 is 0 Å². The molecule has 0 N–H and O–H groups in total. The lowest BCUT2D eigenvalue weighted by Crippen LogP contribution is -2.41. The maximum atomic E-state index is 4.31. The highest BCUT2D eigenvalue weighted by molar-refractivity contribution is 4.78. The first-order chi connectivity index (χ1) is 5.86. The molecular formula is C10H15N2+. The van der Waals surface area contributed by atoms with Gasteiger partial charge < -0.3 is 0 Å². The Hall–Kier alpha value is -0.920. The molecule has 0 saturated heterocycles. The minimum Gasteiger partial charge on any atom is -0.0887 e. The second kappa shape index (κ2) is 3.21. The van der Waals surface area contributed by atoms with Gasteiger partial charge in [-0.15, -0.1) is 0 Å². The van der Waals surface area contributed by atoms with Crippen LogP contribution in [0, 0.1) is 5.92 Å². The molecule has 2 nitrogen and oxygen atoms in total. The van der Waals surface area contributed by atoms with Gasteiger partial charge in [-0.2, -0.15) is 0 Å². The van der Waals surface area contributed by atoms with E-state index in [0.717, 1.165) is 5.92 Å². The van der Waals surface area contributed by atoms with E-state index in [1.165, 1.54) is 19.3 Å². The zero-order chi connectivity index (χ0) is 8.39. The molecule has 1 aromatic heterocycles. The van der Waals surface area contributed by atoms with E-state index in [4.69, 9.17) is 0 Å². The normalized spacial score (nSPS) is 29.1. The van der Waals surface area contributed by atoms with Crippen LogP contribution in [0.2, 0.25) is 0 Å². The van der Waals surface area contributed by atoms with Crippen LogP contribution < -0.4 is 4.68 Å². The molecule has 2 rings (SSSR count). The molecule has 1 fully saturated rings. The Morgan fingerprint density at radius 1 is 1.33 bits per heavy atom. The summed E-state index contributed by atoms with van der Waals surface area (Å²) in [6, 6.07) is 4.67. The molecule has 2 heteroatoms. The molecule has 2 atom stereocenters. The second-order valence-electron chi connectivity index (χ2n) is 3.75. The smallest absolute Gasteiger partial charge is 0.0887 e. The summed E-state index contributed by atoms with van der Waals surface area (Å²) in [4.78, 5) is 0. The van der Waals surface area contributed by atoms with Crippen LogP contribution in [0.3, 0.4) is 0 Å². The molecule has 0 amide bonds. The first-order valence-electron chi connectivity index (χ1n) is 4.68. The minimum absolute atomic E-state index is 0.654. The predicted octanol–water partition coefficient (Wildman–Crippen LogP) is 1.73. The van der Waals surface area contributed by atoms with Crippen LogP contribution >= 0.6 is 0 Å². The van der Waals surface area contributed by atoms with Crippen molar-refractivity contribution in [2.45, 2.75) is 32.2 Å². The summed E-state index contributed by atoms with van der Waals surface area (Å²) in [6.45, 7) is 2.32. The van der Waals surface area contributed by atoms with Crippen molar-refractivity contribution in [3.05, 3.63) is 24.5 Å². The molecule has 0 aliphatic heterocycles. The van der Waals surface area contributed by atoms with Gasteiger partial charge in [0, 0.05) is 18.9 Å². The van der Waals surface area contributed by atoms with Crippen LogP contribution in [0.15, 0.2) is 24.5 Å². The lowest BCUT2D eigenvalue weighted by atomic mass is 10.1. The Labute approximate surface area is 73.2 Å². The van der Waals surface area contributed by atoms with Crippen molar-refractivity contribution in [1.82, 2.24) is 5.10 Å². The molecule has 0 spiro atoms. The molecule has 1 saturated carbocycles. The quantitative estimate of drug-likeness (QED) is 0.576. The van der Waals surface area contributed by atoms with Crippen LogP contribution in [0.25, 0.3) is 0 Å². The number of aromatic nitrogens is 2. The molecule has 2 unspecified atom stereocenters. The van der Waals surface area contributed by atoms with Gasteiger partial charge in [0.2, 0.25) is 0 Å². The van der Waals surface area contributed by atoms with Gasteiger partial charge in [0.05, 0.1) is 6.20 Å². The van der Waals surface area contributed by atoms with Crippen LogP contribution in [0.4, 0.5) is 0 Å². The van der Waals surface area contributed by atoms with Crippen LogP contribution in [0.5, 0.6) is 0 Å². The summed E-state index contributed by atoms with van der Waals surface area (Å²) in [6.07, 6.45) is 7.88. The lowest BCUT2D eigenvalue weighted by molar-refractivity contribution is -0.776. The van der Waals surface area contributed by atoms with Crippen molar-refractivity contribution in [2.24, 2.45) is 5.92 Å². The Morgan fingerprint density at radius 2 is 2.25 bits per heavy atom. The summed E-state index contributed by atoms with van der Waals surface area (Å²) in [7, 11) is 0. The average molecular weight is 163 g/mol. The van der Waals surface area contributed by atoms with E-state index in [2.05, 4.69) is 29.0 Å². The maximum absolute atomic E-state index is 4.31. The van der Waals surface area contributed by atoms with Gasteiger partial charge in [-0.25, -0.2) is 0 Å². The topological polar surface area (TPSA) is 16.8 Å². The van der Waals surface area contributed by atoms with Crippen molar-refractivity contribution >= 4 is 0 Å². The monoisotopic (exact) mass is 163 g/mol. The fourth-order valence-electron chi connectivity index (χ4n) is 1.97. The van der Waals surface area contributed by atoms with Crippen LogP contribution in [-0.2, 0) is 0 Å². The van der Waals surface area contributed by atoms with Crippen molar-refractivity contribution in [2.75, 3.05) is 0 Å². The molecule has 1 aliphatic carbocycles. The maximum Gasteiger partial charge on any atom is 0.196 e. The van der Waals surface area contributed by atoms with Crippen LogP contribution in [0.1, 0.15) is 32.2 Å². The van der Waals surface area contributed by atoms with E-state index in [9.17, 15) is 0 Å². The van der Waals surface area contributed by atoms with Crippen LogP contribution in [-0.4, -0.2) is 5.10 Å². The molecular weight excluding hydrogens is 148 g/mol. The predicted molar refractivity (Wildman–Crippen MR) is 46.5 cm³/mol. The molecule has 0 radical (unpaired) electrons. The summed E-state index contributed by atoms with van der Waals surface area (Å²) < 4.78 is 2.10. The van der Waals surface area contributed by atoms with E-state index >= 15 is 0 Å². The van der Waals surface area contributed by atoms with Gasteiger partial charge in [-0.3, -0.25) is 0 Å². The third kappa shape index (κ3) is 1.47. The number of rotatable bonds is 1. The lowest BCUT2D eigenvalue weighted by Gasteiger charge is -2.00. The van der Waals surface area contributed by atoms with Gasteiger partial charge in [0.25, 0.3) is 0 Å². The molecule has 1 heterocycles.